The molecule has 0 radical (unpaired) electrons. The molecule has 0 fully saturated rings. The Morgan fingerprint density at radius 3 is 3.05 bits per heavy atom. The maximum Gasteiger partial charge on any atom is 0.178 e. The molecule has 1 atom stereocenters. The van der Waals surface area contributed by atoms with E-state index in [4.69, 9.17) is 0 Å². The average Bonchev–Trinajstić information content (AvgIpc) is 2.56. The minimum atomic E-state index is -0.451. The Morgan fingerprint density at radius 2 is 2.09 bits per heavy atom. The second-order valence-corrected chi connectivity index (χ2v) is 5.60. The van der Waals surface area contributed by atoms with Crippen molar-refractivity contribution in [3.8, 4) is 0 Å². The third-order valence-electron chi connectivity index (χ3n) is 4.49. The number of nitrogens with zero attached hydrogens (tertiary/aromatic N) is 3. The van der Waals surface area contributed by atoms with Crippen LogP contribution in [0.1, 0.15) is 5.56 Å². The maximum absolute atomic E-state index is 12.0. The molecule has 0 N–H and O–H groups in total. The largest absolute Gasteiger partial charge is 0.329 e. The van der Waals surface area contributed by atoms with E-state index in [2.05, 4.69) is 20.9 Å². The van der Waals surface area contributed by atoms with Crippen molar-refractivity contribution in [1.82, 2.24) is 9.97 Å². The van der Waals surface area contributed by atoms with Gasteiger partial charge in [-0.2, -0.15) is 0 Å². The number of pyridine rings is 2. The lowest BCUT2D eigenvalue weighted by Crippen LogP contribution is -2.48. The lowest BCUT2D eigenvalue weighted by Gasteiger charge is -2.47. The zero-order valence-electron chi connectivity index (χ0n) is 11.6. The Bertz CT molecular complexity index is 962. The first-order valence-corrected chi connectivity index (χ1v) is 7.13. The minimum absolute atomic E-state index is 0.0194. The summed E-state index contributed by atoms with van der Waals surface area (Å²) in [6.07, 6.45) is 18.9. The summed E-state index contributed by atoms with van der Waals surface area (Å²) < 4.78 is 0. The van der Waals surface area contributed by atoms with E-state index in [1.807, 2.05) is 36.7 Å². The summed E-state index contributed by atoms with van der Waals surface area (Å²) in [4.78, 5) is 22.9. The van der Waals surface area contributed by atoms with Crippen LogP contribution in [0.4, 0.5) is 5.69 Å². The number of aromatic nitrogens is 2. The standard InChI is InChI=1S/C18H11N3O/c22-12-3-6-18-5-1-2-8-21(18)16-11-19-10-15-17(16)13(4-7-20-15)14(18)9-12/h1-11H. The van der Waals surface area contributed by atoms with Crippen LogP contribution in [0, 0.1) is 0 Å². The summed E-state index contributed by atoms with van der Waals surface area (Å²) in [7, 11) is 0. The van der Waals surface area contributed by atoms with Gasteiger partial charge in [0.1, 0.15) is 5.54 Å². The average molecular weight is 285 g/mol. The Morgan fingerprint density at radius 1 is 1.14 bits per heavy atom. The van der Waals surface area contributed by atoms with Crippen molar-refractivity contribution >= 4 is 27.9 Å². The lowest BCUT2D eigenvalue weighted by atomic mass is 9.74. The van der Waals surface area contributed by atoms with Gasteiger partial charge in [-0.3, -0.25) is 14.8 Å². The Labute approximate surface area is 126 Å². The molecule has 0 bridgehead atoms. The van der Waals surface area contributed by atoms with E-state index in [1.54, 1.807) is 24.5 Å². The van der Waals surface area contributed by atoms with Gasteiger partial charge in [0.05, 0.1) is 23.6 Å². The van der Waals surface area contributed by atoms with Crippen LogP contribution in [0.5, 0.6) is 0 Å². The molecule has 0 saturated carbocycles. The first-order valence-electron chi connectivity index (χ1n) is 7.13. The van der Waals surface area contributed by atoms with E-state index < -0.39 is 5.54 Å². The quantitative estimate of drug-likeness (QED) is 0.746. The normalized spacial score (nSPS) is 24.3. The van der Waals surface area contributed by atoms with Crippen molar-refractivity contribution in [2.24, 2.45) is 0 Å². The van der Waals surface area contributed by atoms with Crippen molar-refractivity contribution < 1.29 is 4.79 Å². The van der Waals surface area contributed by atoms with Crippen LogP contribution in [-0.2, 0) is 4.79 Å². The van der Waals surface area contributed by atoms with E-state index in [0.29, 0.717) is 0 Å². The number of carbonyl (C=O) groups is 1. The van der Waals surface area contributed by atoms with Crippen LogP contribution >= 0.6 is 0 Å². The molecule has 2 aliphatic heterocycles. The number of fused-ring (bicyclic) bond motifs is 2. The van der Waals surface area contributed by atoms with E-state index in [9.17, 15) is 4.79 Å². The number of anilines is 1. The van der Waals surface area contributed by atoms with Gasteiger partial charge in [0.25, 0.3) is 0 Å². The van der Waals surface area contributed by atoms with E-state index in [-0.39, 0.29) is 5.78 Å². The summed E-state index contributed by atoms with van der Waals surface area (Å²) in [5.74, 6) is 0.0194. The number of hydrogen-bond donors (Lipinski definition) is 0. The van der Waals surface area contributed by atoms with E-state index >= 15 is 0 Å². The molecule has 104 valence electrons. The molecule has 1 unspecified atom stereocenters. The fraction of sp³-hybridized carbons (Fsp3) is 0.0556. The molecule has 0 aromatic carbocycles. The topological polar surface area (TPSA) is 46.1 Å². The first kappa shape index (κ1) is 11.6. The van der Waals surface area contributed by atoms with Crippen LogP contribution < -0.4 is 4.90 Å². The summed E-state index contributed by atoms with van der Waals surface area (Å²) in [6.45, 7) is 0. The summed E-state index contributed by atoms with van der Waals surface area (Å²) in [5.41, 5.74) is 3.45. The molecule has 4 heteroatoms. The number of ketones is 1. The lowest BCUT2D eigenvalue weighted by molar-refractivity contribution is -0.110. The first-order chi connectivity index (χ1) is 10.8. The summed E-state index contributed by atoms with van der Waals surface area (Å²) in [6, 6.07) is 1.98. The van der Waals surface area contributed by atoms with Gasteiger partial charge in [-0.05, 0) is 41.5 Å². The van der Waals surface area contributed by atoms with E-state index in [0.717, 1.165) is 27.7 Å². The molecule has 3 aliphatic rings. The maximum atomic E-state index is 12.0. The van der Waals surface area contributed by atoms with Crippen LogP contribution in [0.15, 0.2) is 67.3 Å². The Hall–Kier alpha value is -3.01. The third kappa shape index (κ3) is 1.25. The second kappa shape index (κ2) is 3.80. The predicted octanol–water partition coefficient (Wildman–Crippen LogP) is 2.79. The van der Waals surface area contributed by atoms with Crippen LogP contribution in [0.2, 0.25) is 0 Å². The number of carbonyl (C=O) groups excluding carboxylic acids is 1. The van der Waals surface area contributed by atoms with Crippen molar-refractivity contribution in [3.63, 3.8) is 0 Å². The van der Waals surface area contributed by atoms with Gasteiger partial charge in [0.2, 0.25) is 0 Å². The molecular weight excluding hydrogens is 274 g/mol. The highest BCUT2D eigenvalue weighted by Crippen LogP contribution is 2.50. The number of hydrogen-bond acceptors (Lipinski definition) is 4. The monoisotopic (exact) mass is 285 g/mol. The van der Waals surface area contributed by atoms with Gasteiger partial charge in [0.15, 0.2) is 5.78 Å². The van der Waals surface area contributed by atoms with Crippen molar-refractivity contribution in [3.05, 3.63) is 72.9 Å². The Kier molecular flexibility index (Phi) is 2.01. The van der Waals surface area contributed by atoms with Crippen LogP contribution in [0.25, 0.3) is 16.5 Å². The minimum Gasteiger partial charge on any atom is -0.329 e. The number of allylic oxidation sites excluding steroid dienone is 4. The smallest absolute Gasteiger partial charge is 0.178 e. The van der Waals surface area contributed by atoms with Gasteiger partial charge < -0.3 is 4.90 Å². The van der Waals surface area contributed by atoms with Gasteiger partial charge in [-0.1, -0.05) is 12.2 Å². The van der Waals surface area contributed by atoms with Crippen molar-refractivity contribution in [2.45, 2.75) is 5.54 Å². The van der Waals surface area contributed by atoms with Gasteiger partial charge in [0, 0.05) is 17.8 Å². The molecule has 0 saturated heterocycles. The Balaban J connectivity index is 1.98. The fourth-order valence-electron chi connectivity index (χ4n) is 3.57. The summed E-state index contributed by atoms with van der Waals surface area (Å²) in [5, 5.41) is 1.04. The van der Waals surface area contributed by atoms with Gasteiger partial charge in [-0.25, -0.2) is 0 Å². The second-order valence-electron chi connectivity index (χ2n) is 5.60. The number of rotatable bonds is 0. The van der Waals surface area contributed by atoms with E-state index in [1.165, 1.54) is 0 Å². The molecule has 0 amide bonds. The fourth-order valence-corrected chi connectivity index (χ4v) is 3.57. The van der Waals surface area contributed by atoms with Gasteiger partial charge in [-0.15, -0.1) is 0 Å². The molecule has 2 aromatic rings. The molecular formula is C18H11N3O. The molecule has 5 rings (SSSR count). The molecule has 4 heterocycles. The zero-order valence-corrected chi connectivity index (χ0v) is 11.6. The predicted molar refractivity (Wildman–Crippen MR) is 85.2 cm³/mol. The highest BCUT2D eigenvalue weighted by molar-refractivity contribution is 6.16. The molecule has 2 aromatic heterocycles. The van der Waals surface area contributed by atoms with Crippen LogP contribution in [-0.4, -0.2) is 21.3 Å². The third-order valence-corrected chi connectivity index (χ3v) is 4.49. The van der Waals surface area contributed by atoms with Crippen molar-refractivity contribution in [1.29, 1.82) is 0 Å². The molecule has 4 nitrogen and oxygen atoms in total. The van der Waals surface area contributed by atoms with Gasteiger partial charge >= 0.3 is 0 Å². The molecule has 1 spiro atoms. The molecule has 1 aliphatic carbocycles. The molecule has 22 heavy (non-hydrogen) atoms. The van der Waals surface area contributed by atoms with Crippen LogP contribution in [0.3, 0.4) is 0 Å². The SMILES string of the molecule is O=C1C=CC23C=CC=CN2c2cncc4nccc(c24)C3=C1. The zero-order chi connectivity index (χ0) is 14.7. The summed E-state index contributed by atoms with van der Waals surface area (Å²) >= 11 is 0. The highest BCUT2D eigenvalue weighted by Gasteiger charge is 2.43. The van der Waals surface area contributed by atoms with Crippen molar-refractivity contribution in [2.75, 3.05) is 4.90 Å². The highest BCUT2D eigenvalue weighted by atomic mass is 16.1.